The van der Waals surface area contributed by atoms with Crippen LogP contribution in [-0.4, -0.2) is 48.3 Å². The molecule has 2 aromatic rings. The third-order valence-electron chi connectivity index (χ3n) is 5.14. The van der Waals surface area contributed by atoms with E-state index in [1.807, 2.05) is 43.3 Å². The maximum absolute atomic E-state index is 12.2. The van der Waals surface area contributed by atoms with Gasteiger partial charge in [-0.1, -0.05) is 23.4 Å². The molecule has 0 aliphatic carbocycles. The minimum Gasteiger partial charge on any atom is -0.376 e. The molecule has 2 aliphatic rings. The first-order valence-corrected chi connectivity index (χ1v) is 8.78. The van der Waals surface area contributed by atoms with E-state index in [0.29, 0.717) is 23.9 Å². The largest absolute Gasteiger partial charge is 0.376 e. The summed E-state index contributed by atoms with van der Waals surface area (Å²) in [7, 11) is 0. The van der Waals surface area contributed by atoms with Crippen LogP contribution >= 0.6 is 0 Å². The molecule has 132 valence electrons. The van der Waals surface area contributed by atoms with Gasteiger partial charge in [-0.2, -0.15) is 0 Å². The molecule has 6 heteroatoms. The summed E-state index contributed by atoms with van der Waals surface area (Å²) in [6.45, 7) is 5.97. The van der Waals surface area contributed by atoms with E-state index in [2.05, 4.69) is 15.4 Å². The minimum absolute atomic E-state index is 0.0167. The summed E-state index contributed by atoms with van der Waals surface area (Å²) in [5, 5.41) is 7.13. The van der Waals surface area contributed by atoms with Crippen LogP contribution in [-0.2, 0) is 11.3 Å². The number of nitrogens with one attached hydrogen (secondary N) is 1. The Morgan fingerprint density at radius 3 is 2.92 bits per heavy atom. The van der Waals surface area contributed by atoms with Crippen molar-refractivity contribution in [2.24, 2.45) is 11.8 Å². The second-order valence-corrected chi connectivity index (χ2v) is 6.99. The van der Waals surface area contributed by atoms with Crippen LogP contribution in [0.25, 0.3) is 0 Å². The number of rotatable bonds is 5. The Morgan fingerprint density at radius 1 is 1.32 bits per heavy atom. The molecule has 0 bridgehead atoms. The quantitative estimate of drug-likeness (QED) is 0.899. The van der Waals surface area contributed by atoms with Gasteiger partial charge in [-0.3, -0.25) is 9.69 Å². The third-order valence-corrected chi connectivity index (χ3v) is 5.14. The van der Waals surface area contributed by atoms with Gasteiger partial charge in [0.25, 0.3) is 5.91 Å². The van der Waals surface area contributed by atoms with Crippen LogP contribution in [0.15, 0.2) is 40.9 Å². The first-order valence-electron chi connectivity index (χ1n) is 8.78. The van der Waals surface area contributed by atoms with E-state index in [0.717, 1.165) is 37.7 Å². The molecule has 3 atom stereocenters. The van der Waals surface area contributed by atoms with E-state index in [4.69, 9.17) is 9.26 Å². The first kappa shape index (κ1) is 16.3. The fourth-order valence-electron chi connectivity index (χ4n) is 3.86. The number of hydrogen-bond acceptors (Lipinski definition) is 5. The molecule has 25 heavy (non-hydrogen) atoms. The molecule has 0 unspecified atom stereocenters. The molecule has 4 rings (SSSR count). The molecule has 1 N–H and O–H groups in total. The lowest BCUT2D eigenvalue weighted by Gasteiger charge is -2.19. The van der Waals surface area contributed by atoms with Gasteiger partial charge in [-0.05, 0) is 19.1 Å². The van der Waals surface area contributed by atoms with E-state index in [1.165, 1.54) is 0 Å². The van der Waals surface area contributed by atoms with E-state index in [1.54, 1.807) is 0 Å². The zero-order chi connectivity index (χ0) is 17.2. The van der Waals surface area contributed by atoms with Crippen molar-refractivity contribution in [2.45, 2.75) is 19.6 Å². The van der Waals surface area contributed by atoms with Crippen molar-refractivity contribution in [3.05, 3.63) is 53.4 Å². The van der Waals surface area contributed by atoms with Crippen molar-refractivity contribution >= 4 is 5.91 Å². The van der Waals surface area contributed by atoms with Crippen LogP contribution in [0, 0.1) is 18.8 Å². The molecule has 1 aromatic carbocycles. The lowest BCUT2D eigenvalue weighted by Crippen LogP contribution is -2.34. The Balaban J connectivity index is 1.30. The molecular weight excluding hydrogens is 318 g/mol. The molecule has 3 heterocycles. The molecule has 1 aromatic heterocycles. The van der Waals surface area contributed by atoms with Crippen molar-refractivity contribution in [2.75, 3.05) is 26.2 Å². The molecule has 0 spiro atoms. The van der Waals surface area contributed by atoms with Crippen LogP contribution in [0.3, 0.4) is 0 Å². The number of ether oxygens (including phenoxy) is 1. The predicted octanol–water partition coefficient (Wildman–Crippen LogP) is 1.86. The number of nitrogens with zero attached hydrogens (tertiary/aromatic N) is 2. The van der Waals surface area contributed by atoms with Gasteiger partial charge in [0.15, 0.2) is 0 Å². The Morgan fingerprint density at radius 2 is 2.16 bits per heavy atom. The van der Waals surface area contributed by atoms with Gasteiger partial charge < -0.3 is 14.6 Å². The second kappa shape index (κ2) is 6.98. The summed E-state index contributed by atoms with van der Waals surface area (Å²) in [4.78, 5) is 14.6. The first-order chi connectivity index (χ1) is 12.2. The maximum Gasteiger partial charge on any atom is 0.251 e. The number of amides is 1. The SMILES string of the molecule is Cc1cc(CN2C[C@H]3[C@H](CNC(=O)c4ccccc4)CO[C@H]3C2)no1. The highest BCUT2D eigenvalue weighted by Gasteiger charge is 2.43. The maximum atomic E-state index is 12.2. The average molecular weight is 341 g/mol. The predicted molar refractivity (Wildman–Crippen MR) is 92.0 cm³/mol. The van der Waals surface area contributed by atoms with Crippen molar-refractivity contribution in [3.8, 4) is 0 Å². The van der Waals surface area contributed by atoms with Crippen LogP contribution in [0.2, 0.25) is 0 Å². The molecule has 1 amide bonds. The van der Waals surface area contributed by atoms with Crippen LogP contribution < -0.4 is 5.32 Å². The van der Waals surface area contributed by atoms with Crippen LogP contribution in [0.4, 0.5) is 0 Å². The lowest BCUT2D eigenvalue weighted by atomic mass is 9.93. The highest BCUT2D eigenvalue weighted by atomic mass is 16.5. The summed E-state index contributed by atoms with van der Waals surface area (Å²) in [6, 6.07) is 11.3. The Kier molecular flexibility index (Phi) is 4.55. The topological polar surface area (TPSA) is 67.6 Å². The van der Waals surface area contributed by atoms with Crippen LogP contribution in [0.5, 0.6) is 0 Å². The summed E-state index contributed by atoms with van der Waals surface area (Å²) < 4.78 is 11.1. The monoisotopic (exact) mass is 341 g/mol. The molecule has 0 radical (unpaired) electrons. The Bertz CT molecular complexity index is 731. The highest BCUT2D eigenvalue weighted by molar-refractivity contribution is 5.94. The van der Waals surface area contributed by atoms with Gasteiger partial charge in [-0.25, -0.2) is 0 Å². The number of likely N-dealkylation sites (tertiary alicyclic amines) is 1. The van der Waals surface area contributed by atoms with E-state index >= 15 is 0 Å². The zero-order valence-electron chi connectivity index (χ0n) is 14.4. The number of fused-ring (bicyclic) bond motifs is 1. The molecular formula is C19H23N3O3. The summed E-state index contributed by atoms with van der Waals surface area (Å²) in [5.74, 6) is 1.65. The summed E-state index contributed by atoms with van der Waals surface area (Å²) >= 11 is 0. The van der Waals surface area contributed by atoms with Gasteiger partial charge in [0.1, 0.15) is 5.76 Å². The number of carbonyl (C=O) groups is 1. The molecule has 2 saturated heterocycles. The number of hydrogen-bond donors (Lipinski definition) is 1. The van der Waals surface area contributed by atoms with Crippen molar-refractivity contribution < 1.29 is 14.1 Å². The number of carbonyl (C=O) groups excluding carboxylic acids is 1. The van der Waals surface area contributed by atoms with Gasteiger partial charge >= 0.3 is 0 Å². The molecule has 2 fully saturated rings. The third kappa shape index (κ3) is 3.60. The van der Waals surface area contributed by atoms with Crippen molar-refractivity contribution in [1.29, 1.82) is 0 Å². The van der Waals surface area contributed by atoms with Gasteiger partial charge in [0.2, 0.25) is 0 Å². The van der Waals surface area contributed by atoms with E-state index in [-0.39, 0.29) is 12.0 Å². The van der Waals surface area contributed by atoms with Gasteiger partial charge in [0, 0.05) is 49.6 Å². The van der Waals surface area contributed by atoms with Crippen molar-refractivity contribution in [3.63, 3.8) is 0 Å². The fourth-order valence-corrected chi connectivity index (χ4v) is 3.86. The fraction of sp³-hybridized carbons (Fsp3) is 0.474. The normalized spacial score (nSPS) is 25.9. The standard InChI is InChI=1S/C19H23N3O3/c1-13-7-16(21-25-13)9-22-10-17-15(12-24-18(17)11-22)8-20-19(23)14-5-3-2-4-6-14/h2-7,15,17-18H,8-12H2,1H3,(H,20,23)/t15-,17+,18+/m1/s1. The Labute approximate surface area is 147 Å². The Hall–Kier alpha value is -2.18. The van der Waals surface area contributed by atoms with Crippen molar-refractivity contribution in [1.82, 2.24) is 15.4 Å². The lowest BCUT2D eigenvalue weighted by molar-refractivity contribution is 0.0901. The zero-order valence-corrected chi connectivity index (χ0v) is 14.4. The number of benzene rings is 1. The highest BCUT2D eigenvalue weighted by Crippen LogP contribution is 2.34. The number of aromatic nitrogens is 1. The van der Waals surface area contributed by atoms with Gasteiger partial charge in [0.05, 0.1) is 18.4 Å². The molecule has 0 saturated carbocycles. The summed E-state index contributed by atoms with van der Waals surface area (Å²) in [6.07, 6.45) is 0.256. The minimum atomic E-state index is -0.0167. The second-order valence-electron chi connectivity index (χ2n) is 6.99. The molecule has 2 aliphatic heterocycles. The number of aryl methyl sites for hydroxylation is 1. The van der Waals surface area contributed by atoms with E-state index < -0.39 is 0 Å². The molecule has 6 nitrogen and oxygen atoms in total. The smallest absolute Gasteiger partial charge is 0.251 e. The van der Waals surface area contributed by atoms with Gasteiger partial charge in [-0.15, -0.1) is 0 Å². The van der Waals surface area contributed by atoms with Crippen LogP contribution in [0.1, 0.15) is 21.8 Å². The average Bonchev–Trinajstić information content (AvgIpc) is 3.30. The summed E-state index contributed by atoms with van der Waals surface area (Å²) in [5.41, 5.74) is 1.67. The van der Waals surface area contributed by atoms with E-state index in [9.17, 15) is 4.79 Å².